The molecular weight excluding hydrogens is 224 g/mol. The van der Waals surface area contributed by atoms with E-state index in [0.29, 0.717) is 5.56 Å². The standard InChI is InChI=1S/C16H16O2/c1-12(13-8-4-2-5-9-13)15(17)16(18)14-10-6-3-7-11-14/h2-12,15,17H,1H3/t12-,15-/m1/s1. The quantitative estimate of drug-likeness (QED) is 0.834. The Kier molecular flexibility index (Phi) is 3.90. The number of carbonyl (C=O) groups is 1. The van der Waals surface area contributed by atoms with Crippen LogP contribution in [0.15, 0.2) is 60.7 Å². The van der Waals surface area contributed by atoms with Crippen molar-refractivity contribution in [3.8, 4) is 0 Å². The van der Waals surface area contributed by atoms with Crippen LogP contribution in [-0.4, -0.2) is 17.0 Å². The first-order chi connectivity index (χ1) is 8.70. The van der Waals surface area contributed by atoms with Crippen molar-refractivity contribution in [2.45, 2.75) is 18.9 Å². The van der Waals surface area contributed by atoms with Crippen LogP contribution in [0.1, 0.15) is 28.8 Å². The molecule has 2 heteroatoms. The molecule has 0 radical (unpaired) electrons. The summed E-state index contributed by atoms with van der Waals surface area (Å²) in [6.45, 7) is 1.86. The van der Waals surface area contributed by atoms with Crippen LogP contribution in [0.2, 0.25) is 0 Å². The number of aliphatic hydroxyl groups is 1. The Bertz CT molecular complexity index is 505. The van der Waals surface area contributed by atoms with Crippen molar-refractivity contribution in [3.63, 3.8) is 0 Å². The van der Waals surface area contributed by atoms with Crippen molar-refractivity contribution >= 4 is 5.78 Å². The number of Topliss-reactive ketones (excluding diaryl/α,β-unsaturated/α-hetero) is 1. The van der Waals surface area contributed by atoms with E-state index in [1.54, 1.807) is 24.3 Å². The van der Waals surface area contributed by atoms with Gasteiger partial charge in [0.2, 0.25) is 0 Å². The van der Waals surface area contributed by atoms with Crippen LogP contribution in [0.3, 0.4) is 0 Å². The van der Waals surface area contributed by atoms with Gasteiger partial charge in [-0.2, -0.15) is 0 Å². The Morgan fingerprint density at radius 2 is 1.44 bits per heavy atom. The summed E-state index contributed by atoms with van der Waals surface area (Å²) in [5.74, 6) is -0.439. The minimum Gasteiger partial charge on any atom is -0.384 e. The fraction of sp³-hybridized carbons (Fsp3) is 0.188. The molecule has 0 aliphatic carbocycles. The maximum atomic E-state index is 12.1. The predicted molar refractivity (Wildman–Crippen MR) is 71.6 cm³/mol. The molecule has 0 unspecified atom stereocenters. The Morgan fingerprint density at radius 3 is 2.00 bits per heavy atom. The van der Waals surface area contributed by atoms with E-state index in [9.17, 15) is 9.90 Å². The van der Waals surface area contributed by atoms with Crippen LogP contribution in [0, 0.1) is 0 Å². The molecule has 0 amide bonds. The monoisotopic (exact) mass is 240 g/mol. The first kappa shape index (κ1) is 12.5. The first-order valence-electron chi connectivity index (χ1n) is 6.02. The van der Waals surface area contributed by atoms with Gasteiger partial charge in [-0.15, -0.1) is 0 Å². The van der Waals surface area contributed by atoms with E-state index in [0.717, 1.165) is 5.56 Å². The maximum Gasteiger partial charge on any atom is 0.191 e. The number of ketones is 1. The zero-order chi connectivity index (χ0) is 13.0. The van der Waals surface area contributed by atoms with E-state index in [1.807, 2.05) is 43.3 Å². The minimum absolute atomic E-state index is 0.209. The molecule has 0 aliphatic heterocycles. The van der Waals surface area contributed by atoms with Gasteiger partial charge in [0.1, 0.15) is 6.10 Å². The van der Waals surface area contributed by atoms with Crippen molar-refractivity contribution in [2.75, 3.05) is 0 Å². The maximum absolute atomic E-state index is 12.1. The molecule has 0 fully saturated rings. The van der Waals surface area contributed by atoms with E-state index in [1.165, 1.54) is 0 Å². The Labute approximate surface area is 107 Å². The van der Waals surface area contributed by atoms with Crippen molar-refractivity contribution in [1.82, 2.24) is 0 Å². The van der Waals surface area contributed by atoms with Crippen molar-refractivity contribution in [1.29, 1.82) is 0 Å². The fourth-order valence-electron chi connectivity index (χ4n) is 1.94. The Morgan fingerprint density at radius 1 is 0.944 bits per heavy atom. The highest BCUT2D eigenvalue weighted by Crippen LogP contribution is 2.21. The lowest BCUT2D eigenvalue weighted by molar-refractivity contribution is 0.0701. The lowest BCUT2D eigenvalue weighted by Crippen LogP contribution is -2.26. The summed E-state index contributed by atoms with van der Waals surface area (Å²) in [4.78, 5) is 12.1. The Hall–Kier alpha value is -1.93. The molecule has 0 spiro atoms. The number of benzene rings is 2. The van der Waals surface area contributed by atoms with Gasteiger partial charge in [-0.25, -0.2) is 0 Å². The summed E-state index contributed by atoms with van der Waals surface area (Å²) in [6.07, 6.45) is -1.00. The minimum atomic E-state index is -1.00. The third-order valence-corrected chi connectivity index (χ3v) is 3.13. The molecule has 0 aliphatic rings. The molecule has 2 atom stereocenters. The molecule has 2 aromatic rings. The smallest absolute Gasteiger partial charge is 0.191 e. The highest BCUT2D eigenvalue weighted by molar-refractivity contribution is 5.99. The van der Waals surface area contributed by atoms with E-state index < -0.39 is 6.10 Å². The molecule has 2 nitrogen and oxygen atoms in total. The second-order valence-corrected chi connectivity index (χ2v) is 4.37. The third-order valence-electron chi connectivity index (χ3n) is 3.13. The van der Waals surface area contributed by atoms with Crippen molar-refractivity contribution in [2.24, 2.45) is 0 Å². The topological polar surface area (TPSA) is 37.3 Å². The predicted octanol–water partition coefficient (Wildman–Crippen LogP) is 3.03. The fourth-order valence-corrected chi connectivity index (χ4v) is 1.94. The molecule has 1 N–H and O–H groups in total. The van der Waals surface area contributed by atoms with Crippen molar-refractivity contribution in [3.05, 3.63) is 71.8 Å². The van der Waals surface area contributed by atoms with E-state index >= 15 is 0 Å². The van der Waals surface area contributed by atoms with Crippen molar-refractivity contribution < 1.29 is 9.90 Å². The van der Waals surface area contributed by atoms with Crippen LogP contribution in [0.4, 0.5) is 0 Å². The first-order valence-corrected chi connectivity index (χ1v) is 6.02. The van der Waals surface area contributed by atoms with Gasteiger partial charge in [0, 0.05) is 11.5 Å². The summed E-state index contributed by atoms with van der Waals surface area (Å²) in [5, 5.41) is 10.1. The molecule has 0 bridgehead atoms. The van der Waals surface area contributed by atoms with Gasteiger partial charge in [0.15, 0.2) is 5.78 Å². The van der Waals surface area contributed by atoms with Crippen LogP contribution < -0.4 is 0 Å². The van der Waals surface area contributed by atoms with E-state index in [-0.39, 0.29) is 11.7 Å². The Balaban J connectivity index is 2.17. The summed E-state index contributed by atoms with van der Waals surface area (Å²) in [6, 6.07) is 18.5. The van der Waals surface area contributed by atoms with Crippen LogP contribution in [0.5, 0.6) is 0 Å². The molecule has 2 rings (SSSR count). The summed E-state index contributed by atoms with van der Waals surface area (Å²) in [5.41, 5.74) is 1.52. The van der Waals surface area contributed by atoms with Gasteiger partial charge < -0.3 is 5.11 Å². The van der Waals surface area contributed by atoms with Crippen LogP contribution in [-0.2, 0) is 0 Å². The highest BCUT2D eigenvalue weighted by Gasteiger charge is 2.24. The van der Waals surface area contributed by atoms with Gasteiger partial charge >= 0.3 is 0 Å². The molecule has 2 aromatic carbocycles. The lowest BCUT2D eigenvalue weighted by atomic mass is 9.90. The van der Waals surface area contributed by atoms with E-state index in [4.69, 9.17) is 0 Å². The zero-order valence-corrected chi connectivity index (χ0v) is 10.3. The van der Waals surface area contributed by atoms with Gasteiger partial charge in [-0.3, -0.25) is 4.79 Å². The SMILES string of the molecule is C[C@H](c1ccccc1)[C@@H](O)C(=O)c1ccccc1. The number of hydrogen-bond acceptors (Lipinski definition) is 2. The average Bonchev–Trinajstić information content (AvgIpc) is 2.47. The largest absolute Gasteiger partial charge is 0.384 e. The number of carbonyl (C=O) groups excluding carboxylic acids is 1. The second-order valence-electron chi connectivity index (χ2n) is 4.37. The summed E-state index contributed by atoms with van der Waals surface area (Å²) >= 11 is 0. The third kappa shape index (κ3) is 2.66. The van der Waals surface area contributed by atoms with Gasteiger partial charge in [0.05, 0.1) is 0 Å². The number of hydrogen-bond donors (Lipinski definition) is 1. The molecular formula is C16H16O2. The molecule has 0 heterocycles. The van der Waals surface area contributed by atoms with Crippen LogP contribution in [0.25, 0.3) is 0 Å². The molecule has 0 aromatic heterocycles. The normalized spacial score (nSPS) is 13.9. The molecule has 0 saturated heterocycles. The second kappa shape index (κ2) is 5.61. The summed E-state index contributed by atoms with van der Waals surface area (Å²) in [7, 11) is 0. The average molecular weight is 240 g/mol. The van der Waals surface area contributed by atoms with Gasteiger partial charge in [-0.05, 0) is 5.56 Å². The highest BCUT2D eigenvalue weighted by atomic mass is 16.3. The lowest BCUT2D eigenvalue weighted by Gasteiger charge is -2.18. The zero-order valence-electron chi connectivity index (χ0n) is 10.3. The van der Waals surface area contributed by atoms with Gasteiger partial charge in [-0.1, -0.05) is 67.6 Å². The number of aliphatic hydroxyl groups excluding tert-OH is 1. The molecule has 18 heavy (non-hydrogen) atoms. The number of rotatable bonds is 4. The van der Waals surface area contributed by atoms with Crippen LogP contribution >= 0.6 is 0 Å². The van der Waals surface area contributed by atoms with E-state index in [2.05, 4.69) is 0 Å². The molecule has 92 valence electrons. The summed E-state index contributed by atoms with van der Waals surface area (Å²) < 4.78 is 0. The van der Waals surface area contributed by atoms with Gasteiger partial charge in [0.25, 0.3) is 0 Å². The molecule has 0 saturated carbocycles.